The Balaban J connectivity index is 2.31. The van der Waals surface area contributed by atoms with E-state index < -0.39 is 0 Å². The minimum atomic E-state index is -0.0648. The van der Waals surface area contributed by atoms with Gasteiger partial charge in [0.05, 0.1) is 0 Å². The smallest absolute Gasteiger partial charge is 0.0106 e. The standard InChI is InChI=1S/C4H10S2/c1-6(2)4-3-5-6/h3-4H2,1-2H3. The van der Waals surface area contributed by atoms with Crippen molar-refractivity contribution in [1.29, 1.82) is 0 Å². The van der Waals surface area contributed by atoms with Gasteiger partial charge >= 0.3 is 0 Å². The highest BCUT2D eigenvalue weighted by atomic mass is 33.2. The van der Waals surface area contributed by atoms with Gasteiger partial charge in [0.15, 0.2) is 0 Å². The van der Waals surface area contributed by atoms with Crippen molar-refractivity contribution in [3.8, 4) is 0 Å². The van der Waals surface area contributed by atoms with Crippen molar-refractivity contribution in [3.63, 3.8) is 0 Å². The van der Waals surface area contributed by atoms with Crippen molar-refractivity contribution in [2.45, 2.75) is 0 Å². The Morgan fingerprint density at radius 3 is 1.83 bits per heavy atom. The molecule has 6 heavy (non-hydrogen) atoms. The van der Waals surface area contributed by atoms with E-state index in [2.05, 4.69) is 23.3 Å². The van der Waals surface area contributed by atoms with Crippen LogP contribution in [-0.4, -0.2) is 24.0 Å². The lowest BCUT2D eigenvalue weighted by Gasteiger charge is -2.38. The third-order valence-corrected chi connectivity index (χ3v) is 6.35. The number of rotatable bonds is 0. The molecule has 0 aromatic carbocycles. The van der Waals surface area contributed by atoms with Crippen molar-refractivity contribution in [2.24, 2.45) is 0 Å². The molecule has 0 nitrogen and oxygen atoms in total. The summed E-state index contributed by atoms with van der Waals surface area (Å²) in [5, 5.41) is 0. The molecule has 0 spiro atoms. The maximum atomic E-state index is 2.38. The Morgan fingerprint density at radius 1 is 1.50 bits per heavy atom. The van der Waals surface area contributed by atoms with Crippen LogP contribution in [0.2, 0.25) is 0 Å². The highest BCUT2D eigenvalue weighted by Gasteiger charge is 2.20. The number of hydrogen-bond acceptors (Lipinski definition) is 1. The van der Waals surface area contributed by atoms with Gasteiger partial charge in [-0.1, -0.05) is 0 Å². The molecule has 0 aromatic rings. The average Bonchev–Trinajstić information content (AvgIpc) is 1.32. The fourth-order valence-corrected chi connectivity index (χ4v) is 3.75. The molecule has 1 aliphatic rings. The molecule has 0 radical (unpaired) electrons. The zero-order valence-corrected chi connectivity index (χ0v) is 5.86. The molecule has 0 amide bonds. The zero-order valence-electron chi connectivity index (χ0n) is 4.23. The summed E-state index contributed by atoms with van der Waals surface area (Å²) in [5.41, 5.74) is 0. The lowest BCUT2D eigenvalue weighted by atomic mass is 11.0. The van der Waals surface area contributed by atoms with E-state index >= 15 is 0 Å². The summed E-state index contributed by atoms with van der Waals surface area (Å²) in [7, 11) is 2.08. The van der Waals surface area contributed by atoms with Gasteiger partial charge in [0, 0.05) is 5.75 Å². The predicted molar refractivity (Wildman–Crippen MR) is 36.8 cm³/mol. The second-order valence-electron chi connectivity index (χ2n) is 1.96. The van der Waals surface area contributed by atoms with Gasteiger partial charge in [-0.2, -0.15) is 9.06 Å². The molecule has 0 saturated carbocycles. The first-order valence-corrected chi connectivity index (χ1v) is 6.18. The summed E-state index contributed by atoms with van der Waals surface area (Å²) in [5.74, 6) is 2.92. The fourth-order valence-electron chi connectivity index (χ4n) is 0.417. The minimum Gasteiger partial charge on any atom is -0.198 e. The Labute approximate surface area is 44.4 Å². The van der Waals surface area contributed by atoms with Crippen LogP contribution in [0.25, 0.3) is 0 Å². The molecule has 1 saturated heterocycles. The van der Waals surface area contributed by atoms with Crippen molar-refractivity contribution in [2.75, 3.05) is 24.0 Å². The van der Waals surface area contributed by atoms with Gasteiger partial charge in [-0.3, -0.25) is 0 Å². The van der Waals surface area contributed by atoms with E-state index in [0.717, 1.165) is 0 Å². The Kier molecular flexibility index (Phi) is 1.08. The van der Waals surface area contributed by atoms with Crippen LogP contribution in [0, 0.1) is 0 Å². The van der Waals surface area contributed by atoms with E-state index in [4.69, 9.17) is 0 Å². The van der Waals surface area contributed by atoms with Crippen LogP contribution in [0.15, 0.2) is 0 Å². The quantitative estimate of drug-likeness (QED) is 0.441. The Bertz CT molecular complexity index is 52.6. The summed E-state index contributed by atoms with van der Waals surface area (Å²) in [6.45, 7) is 0. The summed E-state index contributed by atoms with van der Waals surface area (Å²) in [4.78, 5) is 0. The Hall–Kier alpha value is 0.700. The highest BCUT2D eigenvalue weighted by molar-refractivity contribution is 8.96. The molecule has 0 aliphatic carbocycles. The monoisotopic (exact) mass is 122 g/mol. The molecule has 38 valence electrons. The van der Waals surface area contributed by atoms with Gasteiger partial charge in [0.1, 0.15) is 0 Å². The van der Waals surface area contributed by atoms with Crippen molar-refractivity contribution >= 4 is 19.9 Å². The summed E-state index contributed by atoms with van der Waals surface area (Å²) in [6, 6.07) is 0. The van der Waals surface area contributed by atoms with Gasteiger partial charge < -0.3 is 0 Å². The van der Waals surface area contributed by atoms with Crippen LogP contribution in [0.3, 0.4) is 0 Å². The molecular formula is C4H10S2. The molecule has 0 atom stereocenters. The zero-order chi connectivity index (χ0) is 4.62. The van der Waals surface area contributed by atoms with Gasteiger partial charge in [0.2, 0.25) is 0 Å². The first-order valence-electron chi connectivity index (χ1n) is 2.06. The van der Waals surface area contributed by atoms with Gasteiger partial charge in [-0.15, -0.1) is 10.8 Å². The maximum Gasteiger partial charge on any atom is 0.0106 e. The largest absolute Gasteiger partial charge is 0.198 e. The predicted octanol–water partition coefficient (Wildman–Crippen LogP) is 1.71. The molecule has 0 N–H and O–H groups in total. The molecule has 0 unspecified atom stereocenters. The third-order valence-electron chi connectivity index (χ3n) is 0.977. The third kappa shape index (κ3) is 0.850. The lowest BCUT2D eigenvalue weighted by Crippen LogP contribution is -2.10. The summed E-state index contributed by atoms with van der Waals surface area (Å²) < 4.78 is 0. The maximum absolute atomic E-state index is 2.38. The normalized spacial score (nSPS) is 34.3. The first-order chi connectivity index (χ1) is 2.71. The fraction of sp³-hybridized carbons (Fsp3) is 1.00. The van der Waals surface area contributed by atoms with Crippen LogP contribution >= 0.6 is 19.9 Å². The highest BCUT2D eigenvalue weighted by Crippen LogP contribution is 2.61. The van der Waals surface area contributed by atoms with E-state index in [1.807, 2.05) is 0 Å². The van der Waals surface area contributed by atoms with E-state index in [0.29, 0.717) is 0 Å². The second-order valence-corrected chi connectivity index (χ2v) is 9.30. The molecule has 0 aromatic heterocycles. The van der Waals surface area contributed by atoms with Crippen molar-refractivity contribution in [1.82, 2.24) is 0 Å². The summed E-state index contributed by atoms with van der Waals surface area (Å²) in [6.07, 6.45) is 4.75. The topological polar surface area (TPSA) is 0 Å². The number of hydrogen-bond donors (Lipinski definition) is 0. The van der Waals surface area contributed by atoms with Gasteiger partial charge in [-0.25, -0.2) is 0 Å². The van der Waals surface area contributed by atoms with E-state index in [-0.39, 0.29) is 9.06 Å². The molecule has 1 heterocycles. The van der Waals surface area contributed by atoms with Crippen LogP contribution < -0.4 is 0 Å². The molecule has 1 rings (SSSR count). The van der Waals surface area contributed by atoms with Gasteiger partial charge in [-0.05, 0) is 18.3 Å². The van der Waals surface area contributed by atoms with E-state index in [9.17, 15) is 0 Å². The van der Waals surface area contributed by atoms with Crippen molar-refractivity contribution in [3.05, 3.63) is 0 Å². The van der Waals surface area contributed by atoms with Crippen LogP contribution in [0.5, 0.6) is 0 Å². The van der Waals surface area contributed by atoms with Crippen LogP contribution in [0.4, 0.5) is 0 Å². The molecule has 2 heteroatoms. The SMILES string of the molecule is CS1(C)CCS1. The van der Waals surface area contributed by atoms with Gasteiger partial charge in [0.25, 0.3) is 0 Å². The molecule has 1 fully saturated rings. The minimum absolute atomic E-state index is 0.0648. The average molecular weight is 122 g/mol. The molecule has 1 aliphatic heterocycles. The molecular weight excluding hydrogens is 112 g/mol. The first kappa shape index (κ1) is 4.85. The van der Waals surface area contributed by atoms with Crippen LogP contribution in [0.1, 0.15) is 0 Å². The van der Waals surface area contributed by atoms with E-state index in [1.165, 1.54) is 11.5 Å². The Morgan fingerprint density at radius 2 is 1.83 bits per heavy atom. The lowest BCUT2D eigenvalue weighted by molar-refractivity contribution is 1.51. The van der Waals surface area contributed by atoms with Crippen LogP contribution in [-0.2, 0) is 0 Å². The summed E-state index contributed by atoms with van der Waals surface area (Å²) >= 11 is 0. The molecule has 0 bridgehead atoms. The second kappa shape index (κ2) is 1.34. The van der Waals surface area contributed by atoms with Crippen molar-refractivity contribution < 1.29 is 0 Å². The van der Waals surface area contributed by atoms with E-state index in [1.54, 1.807) is 0 Å².